The maximum Gasteiger partial charge on any atom is 0.278 e. The number of nitrogens with one attached hydrogen (secondary N) is 1. The van der Waals surface area contributed by atoms with E-state index in [9.17, 15) is 22.8 Å². The van der Waals surface area contributed by atoms with Crippen LogP contribution in [-0.4, -0.2) is 44.4 Å². The van der Waals surface area contributed by atoms with E-state index in [1.165, 1.54) is 42.2 Å². The SMILES string of the molecule is O=C(NC1CC(F)(F)C1)C(c1cncnc1)N(C(=O)[C@H](F)Cl)c1ccc(-c2cncs2)cc1. The normalized spacial score (nSPS) is 17.0. The second-order valence-electron chi connectivity index (χ2n) is 7.47. The van der Waals surface area contributed by atoms with Gasteiger partial charge in [-0.05, 0) is 17.7 Å². The maximum absolute atomic E-state index is 14.0. The van der Waals surface area contributed by atoms with Gasteiger partial charge in [0.25, 0.3) is 17.5 Å². The third kappa shape index (κ3) is 5.14. The fourth-order valence-corrected chi connectivity index (χ4v) is 4.30. The van der Waals surface area contributed by atoms with Gasteiger partial charge < -0.3 is 5.32 Å². The van der Waals surface area contributed by atoms with Gasteiger partial charge in [0.15, 0.2) is 0 Å². The highest BCUT2D eigenvalue weighted by Gasteiger charge is 2.47. The first kappa shape index (κ1) is 23.1. The molecule has 1 N–H and O–H groups in total. The number of alkyl halides is 4. The highest BCUT2D eigenvalue weighted by Crippen LogP contribution is 2.38. The topological polar surface area (TPSA) is 88.1 Å². The molecule has 0 aliphatic heterocycles. The minimum Gasteiger partial charge on any atom is -0.351 e. The van der Waals surface area contributed by atoms with E-state index in [0.29, 0.717) is 0 Å². The first-order chi connectivity index (χ1) is 15.7. The Labute approximate surface area is 195 Å². The van der Waals surface area contributed by atoms with Gasteiger partial charge in [0.05, 0.1) is 10.4 Å². The van der Waals surface area contributed by atoms with E-state index in [-0.39, 0.29) is 11.3 Å². The summed E-state index contributed by atoms with van der Waals surface area (Å²) in [5.41, 5.74) is 0.369. The van der Waals surface area contributed by atoms with Crippen LogP contribution in [-0.2, 0) is 9.59 Å². The zero-order chi connectivity index (χ0) is 23.6. The Morgan fingerprint density at radius 1 is 1.12 bits per heavy atom. The number of thiazole rings is 1. The number of carbonyl (C=O) groups excluding carboxylic acids is 2. The molecule has 2 aromatic heterocycles. The highest BCUT2D eigenvalue weighted by atomic mass is 35.5. The molecule has 4 rings (SSSR count). The molecular formula is C21H17ClF3N5O2S. The summed E-state index contributed by atoms with van der Waals surface area (Å²) in [6, 6.07) is 4.24. The van der Waals surface area contributed by atoms with Crippen LogP contribution in [0.4, 0.5) is 18.9 Å². The van der Waals surface area contributed by atoms with Crippen molar-refractivity contribution in [3.63, 3.8) is 0 Å². The number of carbonyl (C=O) groups is 2. The average Bonchev–Trinajstić information content (AvgIpc) is 3.31. The van der Waals surface area contributed by atoms with Crippen LogP contribution in [0, 0.1) is 0 Å². The molecule has 2 heterocycles. The fraction of sp³-hybridized carbons (Fsp3) is 0.286. The molecule has 33 heavy (non-hydrogen) atoms. The summed E-state index contributed by atoms with van der Waals surface area (Å²) in [6.07, 6.45) is 4.44. The Bertz CT molecular complexity index is 1110. The Morgan fingerprint density at radius 2 is 1.79 bits per heavy atom. The van der Waals surface area contributed by atoms with Crippen LogP contribution < -0.4 is 10.2 Å². The third-order valence-electron chi connectivity index (χ3n) is 5.13. The van der Waals surface area contributed by atoms with Crippen molar-refractivity contribution in [1.82, 2.24) is 20.3 Å². The van der Waals surface area contributed by atoms with Crippen LogP contribution in [0.3, 0.4) is 0 Å². The molecule has 12 heteroatoms. The smallest absolute Gasteiger partial charge is 0.278 e. The molecule has 0 radical (unpaired) electrons. The van der Waals surface area contributed by atoms with Gasteiger partial charge in [0.1, 0.15) is 12.4 Å². The van der Waals surface area contributed by atoms with Crippen molar-refractivity contribution in [2.45, 2.75) is 36.5 Å². The van der Waals surface area contributed by atoms with Gasteiger partial charge in [0, 0.05) is 48.7 Å². The van der Waals surface area contributed by atoms with Crippen LogP contribution in [0.5, 0.6) is 0 Å². The molecule has 0 bridgehead atoms. The van der Waals surface area contributed by atoms with Gasteiger partial charge in [-0.25, -0.2) is 23.1 Å². The average molecular weight is 496 g/mol. The van der Waals surface area contributed by atoms with Crippen molar-refractivity contribution in [1.29, 1.82) is 0 Å². The highest BCUT2D eigenvalue weighted by molar-refractivity contribution is 7.13. The quantitative estimate of drug-likeness (QED) is 0.498. The molecule has 7 nitrogen and oxygen atoms in total. The lowest BCUT2D eigenvalue weighted by Gasteiger charge is -2.38. The first-order valence-corrected chi connectivity index (χ1v) is 11.1. The number of halogens is 4. The first-order valence-electron chi connectivity index (χ1n) is 9.78. The van der Waals surface area contributed by atoms with Crippen LogP contribution in [0.2, 0.25) is 0 Å². The molecule has 1 fully saturated rings. The summed E-state index contributed by atoms with van der Waals surface area (Å²) in [5, 5.41) is 2.51. The lowest BCUT2D eigenvalue weighted by Crippen LogP contribution is -2.54. The molecule has 2 amide bonds. The number of anilines is 1. The van der Waals surface area contributed by atoms with E-state index in [0.717, 1.165) is 15.3 Å². The Kier molecular flexibility index (Phi) is 6.61. The molecule has 3 aromatic rings. The van der Waals surface area contributed by atoms with Gasteiger partial charge in [-0.15, -0.1) is 11.3 Å². The number of hydrogen-bond donors (Lipinski definition) is 1. The van der Waals surface area contributed by atoms with E-state index < -0.39 is 48.3 Å². The molecule has 1 aliphatic carbocycles. The number of hydrogen-bond acceptors (Lipinski definition) is 6. The van der Waals surface area contributed by atoms with Crippen molar-refractivity contribution in [3.05, 3.63) is 60.3 Å². The van der Waals surface area contributed by atoms with Crippen molar-refractivity contribution < 1.29 is 22.8 Å². The molecule has 0 saturated heterocycles. The summed E-state index contributed by atoms with van der Waals surface area (Å²) in [4.78, 5) is 39.5. The van der Waals surface area contributed by atoms with Crippen LogP contribution >= 0.6 is 22.9 Å². The van der Waals surface area contributed by atoms with Gasteiger partial charge in [0.2, 0.25) is 5.91 Å². The maximum atomic E-state index is 14.0. The zero-order valence-electron chi connectivity index (χ0n) is 16.9. The van der Waals surface area contributed by atoms with Crippen molar-refractivity contribution in [2.75, 3.05) is 4.90 Å². The van der Waals surface area contributed by atoms with Gasteiger partial charge in [-0.2, -0.15) is 0 Å². The summed E-state index contributed by atoms with van der Waals surface area (Å²) in [5.74, 6) is -4.82. The number of nitrogens with zero attached hydrogens (tertiary/aromatic N) is 4. The lowest BCUT2D eigenvalue weighted by atomic mass is 9.88. The van der Waals surface area contributed by atoms with E-state index in [1.54, 1.807) is 23.8 Å². The minimum atomic E-state index is -2.86. The molecule has 1 unspecified atom stereocenters. The van der Waals surface area contributed by atoms with Crippen molar-refractivity contribution in [2.24, 2.45) is 0 Å². The van der Waals surface area contributed by atoms with E-state index in [1.807, 2.05) is 0 Å². The molecule has 1 saturated carbocycles. The fourth-order valence-electron chi connectivity index (χ4n) is 3.57. The molecule has 0 spiro atoms. The Morgan fingerprint density at radius 3 is 2.33 bits per heavy atom. The second-order valence-corrected chi connectivity index (χ2v) is 8.74. The monoisotopic (exact) mass is 495 g/mol. The zero-order valence-corrected chi connectivity index (χ0v) is 18.4. The Hall–Kier alpha value is -3.05. The van der Waals surface area contributed by atoms with Crippen LogP contribution in [0.1, 0.15) is 24.4 Å². The summed E-state index contributed by atoms with van der Waals surface area (Å²) in [7, 11) is 0. The molecule has 2 atom stereocenters. The molecular weight excluding hydrogens is 479 g/mol. The van der Waals surface area contributed by atoms with Crippen molar-refractivity contribution >= 4 is 40.4 Å². The number of rotatable bonds is 7. The standard InChI is InChI=1S/C21H17ClF3N5O2S/c22-18(23)20(32)30(15-3-1-12(2-4-15)16-9-28-11-33-16)17(13-7-26-10-27-8-13)19(31)29-14-5-21(24,25)6-14/h1-4,7-11,14,17-18H,5-6H2,(H,29,31)/t17?,18-/m0/s1. The van der Waals surface area contributed by atoms with Crippen LogP contribution in [0.15, 0.2) is 54.7 Å². The minimum absolute atomic E-state index is 0.165. The van der Waals surface area contributed by atoms with Gasteiger partial charge in [-0.1, -0.05) is 23.7 Å². The summed E-state index contributed by atoms with van der Waals surface area (Å²) >= 11 is 6.89. The van der Waals surface area contributed by atoms with Crippen molar-refractivity contribution in [3.8, 4) is 10.4 Å². The van der Waals surface area contributed by atoms with Crippen LogP contribution in [0.25, 0.3) is 10.4 Å². The summed E-state index contributed by atoms with van der Waals surface area (Å²) < 4.78 is 40.6. The molecule has 172 valence electrons. The van der Waals surface area contributed by atoms with E-state index in [2.05, 4.69) is 20.3 Å². The predicted octanol–water partition coefficient (Wildman–Crippen LogP) is 4.12. The van der Waals surface area contributed by atoms with Gasteiger partial charge in [-0.3, -0.25) is 19.5 Å². The number of benzene rings is 1. The van der Waals surface area contributed by atoms with E-state index >= 15 is 0 Å². The number of aromatic nitrogens is 3. The lowest BCUT2D eigenvalue weighted by molar-refractivity contribution is -0.133. The van der Waals surface area contributed by atoms with E-state index in [4.69, 9.17) is 11.6 Å². The predicted molar refractivity (Wildman–Crippen MR) is 117 cm³/mol. The summed E-state index contributed by atoms with van der Waals surface area (Å²) in [6.45, 7) is 0. The number of amides is 2. The molecule has 1 aromatic carbocycles. The second kappa shape index (κ2) is 9.44. The van der Waals surface area contributed by atoms with Gasteiger partial charge >= 0.3 is 0 Å². The largest absolute Gasteiger partial charge is 0.351 e. The third-order valence-corrected chi connectivity index (χ3v) is 6.13. The Balaban J connectivity index is 1.71. The molecule has 1 aliphatic rings.